The largest absolute Gasteiger partial charge is 0.462 e. The van der Waals surface area contributed by atoms with Crippen LogP contribution in [0.15, 0.2) is 48.5 Å². The Morgan fingerprint density at radius 2 is 1.83 bits per heavy atom. The molecule has 7 nitrogen and oxygen atoms in total. The zero-order valence-electron chi connectivity index (χ0n) is 17.0. The van der Waals surface area contributed by atoms with Crippen LogP contribution in [0.4, 0.5) is 5.69 Å². The summed E-state index contributed by atoms with van der Waals surface area (Å²) >= 11 is 0. The molecule has 0 unspecified atom stereocenters. The summed E-state index contributed by atoms with van der Waals surface area (Å²) in [4.78, 5) is 32.2. The molecule has 3 rings (SSSR count). The van der Waals surface area contributed by atoms with Crippen LogP contribution in [0, 0.1) is 24.0 Å². The Hall–Kier alpha value is -3.87. The van der Waals surface area contributed by atoms with Gasteiger partial charge in [0.1, 0.15) is 5.56 Å². The number of carbonyl (C=O) groups excluding carboxylic acids is 1. The smallest absolute Gasteiger partial charge is 0.342 e. The van der Waals surface area contributed by atoms with Crippen LogP contribution in [0.1, 0.15) is 39.9 Å². The van der Waals surface area contributed by atoms with Gasteiger partial charge < -0.3 is 4.74 Å². The van der Waals surface area contributed by atoms with Crippen LogP contribution in [0.3, 0.4) is 0 Å². The Labute approximate surface area is 174 Å². The van der Waals surface area contributed by atoms with Gasteiger partial charge in [0.2, 0.25) is 0 Å². The molecule has 0 aliphatic rings. The van der Waals surface area contributed by atoms with E-state index in [0.29, 0.717) is 22.8 Å². The maximum absolute atomic E-state index is 12.5. The number of hydrogen-bond donors (Lipinski definition) is 0. The molecule has 1 aromatic heterocycles. The van der Waals surface area contributed by atoms with Gasteiger partial charge in [0.15, 0.2) is 5.82 Å². The third-order valence-electron chi connectivity index (χ3n) is 4.42. The van der Waals surface area contributed by atoms with Crippen molar-refractivity contribution in [3.8, 4) is 11.3 Å². The predicted molar refractivity (Wildman–Crippen MR) is 115 cm³/mol. The monoisotopic (exact) mass is 403 g/mol. The number of esters is 1. The summed E-state index contributed by atoms with van der Waals surface area (Å²) in [5, 5.41) is 11.2. The summed E-state index contributed by atoms with van der Waals surface area (Å²) in [5.74, 6) is -0.173. The van der Waals surface area contributed by atoms with Crippen LogP contribution in [-0.2, 0) is 4.74 Å². The topological polar surface area (TPSA) is 95.2 Å². The SMILES string of the molecule is CCOC(=O)c1c(C)nc(/C=C/c2ccc(C)cc2)nc1-c1cccc([N+](=O)[O-])c1. The molecule has 0 saturated heterocycles. The molecule has 0 atom stereocenters. The van der Waals surface area contributed by atoms with Gasteiger partial charge in [-0.1, -0.05) is 48.0 Å². The molecule has 0 bridgehead atoms. The van der Waals surface area contributed by atoms with Gasteiger partial charge in [-0.2, -0.15) is 0 Å². The van der Waals surface area contributed by atoms with Crippen LogP contribution < -0.4 is 0 Å². The van der Waals surface area contributed by atoms with Gasteiger partial charge in [-0.15, -0.1) is 0 Å². The van der Waals surface area contributed by atoms with E-state index in [0.717, 1.165) is 11.1 Å². The minimum absolute atomic E-state index is 0.0877. The van der Waals surface area contributed by atoms with Crippen LogP contribution in [0.2, 0.25) is 0 Å². The van der Waals surface area contributed by atoms with Gasteiger partial charge in [0.25, 0.3) is 5.69 Å². The lowest BCUT2D eigenvalue weighted by molar-refractivity contribution is -0.384. The number of nitrogens with zero attached hydrogens (tertiary/aromatic N) is 3. The summed E-state index contributed by atoms with van der Waals surface area (Å²) in [5.41, 5.74) is 3.43. The molecule has 0 spiro atoms. The number of benzene rings is 2. The molecule has 0 aliphatic heterocycles. The van der Waals surface area contributed by atoms with Crippen LogP contribution in [0.5, 0.6) is 0 Å². The summed E-state index contributed by atoms with van der Waals surface area (Å²) in [6.45, 7) is 5.61. The zero-order chi connectivity index (χ0) is 21.7. The second kappa shape index (κ2) is 9.09. The highest BCUT2D eigenvalue weighted by Gasteiger charge is 2.22. The van der Waals surface area contributed by atoms with Gasteiger partial charge in [-0.3, -0.25) is 10.1 Å². The Balaban J connectivity index is 2.11. The predicted octanol–water partition coefficient (Wildman–Crippen LogP) is 5.02. The van der Waals surface area contributed by atoms with Crippen molar-refractivity contribution in [3.63, 3.8) is 0 Å². The Morgan fingerprint density at radius 3 is 2.50 bits per heavy atom. The number of carbonyl (C=O) groups is 1. The summed E-state index contributed by atoms with van der Waals surface area (Å²) in [6.07, 6.45) is 3.61. The molecule has 2 aromatic carbocycles. The maximum atomic E-state index is 12.5. The van der Waals surface area contributed by atoms with Crippen molar-refractivity contribution < 1.29 is 14.5 Å². The Morgan fingerprint density at radius 1 is 1.10 bits per heavy atom. The first-order valence-electron chi connectivity index (χ1n) is 9.44. The number of ether oxygens (including phenoxy) is 1. The van der Waals surface area contributed by atoms with Gasteiger partial charge in [0.05, 0.1) is 22.9 Å². The highest BCUT2D eigenvalue weighted by atomic mass is 16.6. The summed E-state index contributed by atoms with van der Waals surface area (Å²) in [6, 6.07) is 14.0. The lowest BCUT2D eigenvalue weighted by Gasteiger charge is -2.12. The second-order valence-electron chi connectivity index (χ2n) is 6.66. The molecule has 30 heavy (non-hydrogen) atoms. The van der Waals surface area contributed by atoms with Crippen molar-refractivity contribution in [1.82, 2.24) is 9.97 Å². The molecule has 0 radical (unpaired) electrons. The van der Waals surface area contributed by atoms with E-state index in [1.54, 1.807) is 32.1 Å². The lowest BCUT2D eigenvalue weighted by atomic mass is 10.0. The van der Waals surface area contributed by atoms with Crippen molar-refractivity contribution in [1.29, 1.82) is 0 Å². The first kappa shape index (κ1) is 20.9. The molecule has 0 amide bonds. The quantitative estimate of drug-likeness (QED) is 0.326. The third-order valence-corrected chi connectivity index (χ3v) is 4.42. The van der Waals surface area contributed by atoms with E-state index in [-0.39, 0.29) is 17.9 Å². The summed E-state index contributed by atoms with van der Waals surface area (Å²) < 4.78 is 5.16. The fourth-order valence-corrected chi connectivity index (χ4v) is 2.94. The van der Waals surface area contributed by atoms with E-state index in [1.165, 1.54) is 12.1 Å². The van der Waals surface area contributed by atoms with Crippen LogP contribution >= 0.6 is 0 Å². The Kier molecular flexibility index (Phi) is 6.32. The highest BCUT2D eigenvalue weighted by Crippen LogP contribution is 2.28. The van der Waals surface area contributed by atoms with E-state index >= 15 is 0 Å². The van der Waals surface area contributed by atoms with E-state index in [2.05, 4.69) is 9.97 Å². The third kappa shape index (κ3) is 4.75. The molecule has 7 heteroatoms. The fourth-order valence-electron chi connectivity index (χ4n) is 2.94. The molecule has 0 N–H and O–H groups in total. The van der Waals surface area contributed by atoms with Gasteiger partial charge in [0, 0.05) is 17.7 Å². The van der Waals surface area contributed by atoms with E-state index < -0.39 is 10.9 Å². The van der Waals surface area contributed by atoms with Crippen molar-refractivity contribution in [2.45, 2.75) is 20.8 Å². The highest BCUT2D eigenvalue weighted by molar-refractivity contribution is 5.97. The fraction of sp³-hybridized carbons (Fsp3) is 0.174. The van der Waals surface area contributed by atoms with Crippen LogP contribution in [-0.4, -0.2) is 27.5 Å². The minimum Gasteiger partial charge on any atom is -0.462 e. The zero-order valence-corrected chi connectivity index (χ0v) is 17.0. The Bertz CT molecular complexity index is 1120. The number of aryl methyl sites for hydroxylation is 2. The van der Waals surface area contributed by atoms with Gasteiger partial charge in [-0.25, -0.2) is 14.8 Å². The number of rotatable bonds is 6. The second-order valence-corrected chi connectivity index (χ2v) is 6.66. The molecular weight excluding hydrogens is 382 g/mol. The van der Waals surface area contributed by atoms with E-state index in [9.17, 15) is 14.9 Å². The van der Waals surface area contributed by atoms with Gasteiger partial charge >= 0.3 is 5.97 Å². The first-order chi connectivity index (χ1) is 14.4. The number of nitro groups is 1. The number of aromatic nitrogens is 2. The number of nitro benzene ring substituents is 1. The first-order valence-corrected chi connectivity index (χ1v) is 9.44. The molecule has 0 fully saturated rings. The molecular formula is C23H21N3O4. The molecule has 0 aliphatic carbocycles. The van der Waals surface area contributed by atoms with Crippen molar-refractivity contribution in [3.05, 3.63) is 86.9 Å². The van der Waals surface area contributed by atoms with E-state index in [1.807, 2.05) is 37.3 Å². The maximum Gasteiger partial charge on any atom is 0.342 e. The van der Waals surface area contributed by atoms with Crippen molar-refractivity contribution in [2.24, 2.45) is 0 Å². The van der Waals surface area contributed by atoms with Crippen molar-refractivity contribution in [2.75, 3.05) is 6.61 Å². The van der Waals surface area contributed by atoms with Crippen LogP contribution in [0.25, 0.3) is 23.4 Å². The average molecular weight is 403 g/mol. The normalized spacial score (nSPS) is 10.9. The van der Waals surface area contributed by atoms with Gasteiger partial charge in [-0.05, 0) is 32.4 Å². The number of hydrogen-bond acceptors (Lipinski definition) is 6. The standard InChI is InChI=1S/C23H21N3O4/c1-4-30-23(27)21-16(3)24-20(13-12-17-10-8-15(2)9-11-17)25-22(21)18-6-5-7-19(14-18)26(28)29/h5-14H,4H2,1-3H3/b13-12+. The van der Waals surface area contributed by atoms with E-state index in [4.69, 9.17) is 4.74 Å². The molecule has 0 saturated carbocycles. The molecule has 3 aromatic rings. The number of non-ortho nitro benzene ring substituents is 1. The molecule has 152 valence electrons. The van der Waals surface area contributed by atoms with Crippen molar-refractivity contribution >= 4 is 23.8 Å². The molecule has 1 heterocycles. The average Bonchev–Trinajstić information content (AvgIpc) is 2.73. The lowest BCUT2D eigenvalue weighted by Crippen LogP contribution is -2.12. The summed E-state index contributed by atoms with van der Waals surface area (Å²) in [7, 11) is 0. The minimum atomic E-state index is -0.564.